The van der Waals surface area contributed by atoms with E-state index in [4.69, 9.17) is 0 Å². The van der Waals surface area contributed by atoms with E-state index in [1.807, 2.05) is 39.0 Å². The summed E-state index contributed by atoms with van der Waals surface area (Å²) in [6.45, 7) is 7.34. The van der Waals surface area contributed by atoms with Crippen LogP contribution in [0.1, 0.15) is 70.5 Å². The first kappa shape index (κ1) is 27.1. The van der Waals surface area contributed by atoms with Gasteiger partial charge in [0, 0.05) is 6.54 Å². The van der Waals surface area contributed by atoms with Gasteiger partial charge in [0.1, 0.15) is 12.1 Å². The van der Waals surface area contributed by atoms with Crippen LogP contribution in [-0.4, -0.2) is 62.0 Å². The van der Waals surface area contributed by atoms with Crippen LogP contribution in [-0.2, 0) is 30.8 Å². The smallest absolute Gasteiger partial charge is 0.246 e. The zero-order chi connectivity index (χ0) is 26.0. The van der Waals surface area contributed by atoms with Gasteiger partial charge in [-0.3, -0.25) is 14.4 Å². The van der Waals surface area contributed by atoms with Gasteiger partial charge in [-0.1, -0.05) is 45.0 Å². The number of rotatable bonds is 7. The van der Waals surface area contributed by atoms with E-state index in [9.17, 15) is 22.8 Å². The average molecular weight is 507 g/mol. The number of amides is 3. The molecule has 0 bridgehead atoms. The van der Waals surface area contributed by atoms with E-state index in [0.29, 0.717) is 19.4 Å². The van der Waals surface area contributed by atoms with Gasteiger partial charge in [-0.15, -0.1) is 0 Å². The predicted molar refractivity (Wildman–Crippen MR) is 134 cm³/mol. The van der Waals surface area contributed by atoms with Crippen molar-refractivity contribution in [3.05, 3.63) is 35.4 Å². The normalized spacial score (nSPS) is 22.1. The number of aryl methyl sites for hydroxylation is 1. The van der Waals surface area contributed by atoms with Gasteiger partial charge < -0.3 is 15.5 Å². The van der Waals surface area contributed by atoms with Crippen LogP contribution < -0.4 is 15.4 Å². The van der Waals surface area contributed by atoms with E-state index in [-0.39, 0.29) is 17.9 Å². The summed E-state index contributed by atoms with van der Waals surface area (Å²) >= 11 is 0. The van der Waals surface area contributed by atoms with Crippen molar-refractivity contribution in [1.82, 2.24) is 20.3 Å². The minimum Gasteiger partial charge on any atom is -0.347 e. The Hall–Kier alpha value is -2.46. The number of benzene rings is 1. The number of carbonyl (C=O) groups is 3. The topological polar surface area (TPSA) is 125 Å². The molecule has 194 valence electrons. The van der Waals surface area contributed by atoms with Gasteiger partial charge in [-0.2, -0.15) is 0 Å². The fourth-order valence-corrected chi connectivity index (χ4v) is 5.68. The van der Waals surface area contributed by atoms with Gasteiger partial charge in [0.15, 0.2) is 0 Å². The number of hydrogen-bond acceptors (Lipinski definition) is 5. The van der Waals surface area contributed by atoms with E-state index >= 15 is 0 Å². The molecule has 10 heteroatoms. The second-order valence-corrected chi connectivity index (χ2v) is 12.5. The molecule has 1 fully saturated rings. The van der Waals surface area contributed by atoms with Crippen molar-refractivity contribution in [2.75, 3.05) is 12.8 Å². The van der Waals surface area contributed by atoms with Gasteiger partial charge in [0.2, 0.25) is 27.7 Å². The van der Waals surface area contributed by atoms with Gasteiger partial charge in [0.05, 0.1) is 18.3 Å². The molecule has 2 aliphatic rings. The molecule has 0 saturated carbocycles. The Morgan fingerprint density at radius 3 is 2.43 bits per heavy atom. The third kappa shape index (κ3) is 6.82. The van der Waals surface area contributed by atoms with E-state index in [1.165, 1.54) is 12.5 Å². The first-order valence-corrected chi connectivity index (χ1v) is 14.1. The third-order valence-corrected chi connectivity index (χ3v) is 7.49. The van der Waals surface area contributed by atoms with Crippen LogP contribution in [0, 0.1) is 5.41 Å². The van der Waals surface area contributed by atoms with Gasteiger partial charge >= 0.3 is 0 Å². The zero-order valence-electron chi connectivity index (χ0n) is 21.3. The maximum Gasteiger partial charge on any atom is 0.246 e. The van der Waals surface area contributed by atoms with Gasteiger partial charge in [-0.05, 0) is 55.6 Å². The summed E-state index contributed by atoms with van der Waals surface area (Å²) in [7, 11) is -3.59. The Kier molecular flexibility index (Phi) is 8.26. The van der Waals surface area contributed by atoms with Crippen LogP contribution in [0.3, 0.4) is 0 Å². The first-order valence-electron chi connectivity index (χ1n) is 12.2. The molecule has 0 aromatic heterocycles. The Balaban J connectivity index is 1.73. The summed E-state index contributed by atoms with van der Waals surface area (Å²) in [4.78, 5) is 41.2. The fourth-order valence-electron chi connectivity index (χ4n) is 4.93. The summed E-state index contributed by atoms with van der Waals surface area (Å²) in [5.41, 5.74) is 1.73. The lowest BCUT2D eigenvalue weighted by atomic mass is 9.85. The van der Waals surface area contributed by atoms with Crippen LogP contribution in [0.15, 0.2) is 24.3 Å². The molecular weight excluding hydrogens is 468 g/mol. The van der Waals surface area contributed by atoms with Crippen molar-refractivity contribution >= 4 is 27.7 Å². The summed E-state index contributed by atoms with van der Waals surface area (Å²) in [6.07, 6.45) is 5.07. The number of nitrogens with zero attached hydrogens (tertiary/aromatic N) is 1. The Morgan fingerprint density at radius 1 is 1.09 bits per heavy atom. The Labute approximate surface area is 208 Å². The molecule has 9 nitrogen and oxygen atoms in total. The van der Waals surface area contributed by atoms with Crippen LogP contribution in [0.5, 0.6) is 0 Å². The fraction of sp³-hybridized carbons (Fsp3) is 0.640. The zero-order valence-corrected chi connectivity index (χ0v) is 22.1. The number of likely N-dealkylation sites (tertiary alicyclic amines) is 1. The highest BCUT2D eigenvalue weighted by Crippen LogP contribution is 2.31. The number of hydrogen-bond donors (Lipinski definition) is 3. The molecule has 4 atom stereocenters. The van der Waals surface area contributed by atoms with E-state index in [1.54, 1.807) is 4.90 Å². The Bertz CT molecular complexity index is 1070. The second kappa shape index (κ2) is 10.7. The largest absolute Gasteiger partial charge is 0.347 e. The molecule has 3 N–H and O–H groups in total. The monoisotopic (exact) mass is 506 g/mol. The predicted octanol–water partition coefficient (Wildman–Crippen LogP) is 1.64. The lowest BCUT2D eigenvalue weighted by Gasteiger charge is -2.36. The standard InChI is InChI=1S/C25H38N4O5S/c1-16(28-35(5,33)34)22(30)27-21(25(2,3)4)24(32)29-15-9-14-20(29)23(31)26-19-13-8-11-17-10-6-7-12-18(17)19/h6-7,10,12,16,19-21,28H,8-9,11,13-15H2,1-5H3,(H,26,31)(H,27,30). The van der Waals surface area contributed by atoms with Crippen molar-refractivity contribution in [3.8, 4) is 0 Å². The highest BCUT2D eigenvalue weighted by atomic mass is 32.2. The molecule has 1 aliphatic carbocycles. The SMILES string of the molecule is CC(NS(C)(=O)=O)C(=O)NC(C(=O)N1CCCC1C(=O)NC1CCCc2ccccc21)C(C)(C)C. The maximum atomic E-state index is 13.6. The molecule has 4 unspecified atom stereocenters. The average Bonchev–Trinajstić information content (AvgIpc) is 3.25. The lowest BCUT2D eigenvalue weighted by Crippen LogP contribution is -2.60. The first-order chi connectivity index (χ1) is 16.3. The number of nitrogens with one attached hydrogen (secondary N) is 3. The molecule has 35 heavy (non-hydrogen) atoms. The van der Waals surface area contributed by atoms with Crippen LogP contribution >= 0.6 is 0 Å². The molecule has 0 spiro atoms. The Morgan fingerprint density at radius 2 is 1.77 bits per heavy atom. The second-order valence-electron chi connectivity index (χ2n) is 10.8. The van der Waals surface area contributed by atoms with Gasteiger partial charge in [0.25, 0.3) is 0 Å². The van der Waals surface area contributed by atoms with E-state index in [2.05, 4.69) is 21.4 Å². The number of sulfonamides is 1. The highest BCUT2D eigenvalue weighted by molar-refractivity contribution is 7.88. The van der Waals surface area contributed by atoms with Crippen molar-refractivity contribution < 1.29 is 22.8 Å². The summed E-state index contributed by atoms with van der Waals surface area (Å²) in [5, 5.41) is 5.89. The molecule has 1 saturated heterocycles. The van der Waals surface area contributed by atoms with Crippen molar-refractivity contribution in [1.29, 1.82) is 0 Å². The summed E-state index contributed by atoms with van der Waals surface area (Å²) in [6, 6.07) is 5.49. The van der Waals surface area contributed by atoms with Crippen molar-refractivity contribution in [3.63, 3.8) is 0 Å². The van der Waals surface area contributed by atoms with E-state index in [0.717, 1.165) is 31.1 Å². The molecule has 1 aliphatic heterocycles. The highest BCUT2D eigenvalue weighted by Gasteiger charge is 2.42. The molecule has 3 rings (SSSR count). The van der Waals surface area contributed by atoms with Crippen molar-refractivity contribution in [2.45, 2.75) is 84.0 Å². The minimum atomic E-state index is -3.59. The summed E-state index contributed by atoms with van der Waals surface area (Å²) < 4.78 is 25.3. The molecule has 1 heterocycles. The molecule has 0 radical (unpaired) electrons. The van der Waals surface area contributed by atoms with Crippen molar-refractivity contribution in [2.24, 2.45) is 5.41 Å². The minimum absolute atomic E-state index is 0.0777. The number of fused-ring (bicyclic) bond motifs is 1. The molecule has 3 amide bonds. The molecular formula is C25H38N4O5S. The molecule has 1 aromatic carbocycles. The van der Waals surface area contributed by atoms with Crippen LogP contribution in [0.2, 0.25) is 0 Å². The maximum absolute atomic E-state index is 13.6. The number of carbonyl (C=O) groups excluding carboxylic acids is 3. The van der Waals surface area contributed by atoms with E-state index < -0.39 is 39.5 Å². The quantitative estimate of drug-likeness (QED) is 0.519. The van der Waals surface area contributed by atoms with Crippen LogP contribution in [0.4, 0.5) is 0 Å². The lowest BCUT2D eigenvalue weighted by molar-refractivity contribution is -0.144. The summed E-state index contributed by atoms with van der Waals surface area (Å²) in [5.74, 6) is -1.11. The molecule has 1 aromatic rings. The van der Waals surface area contributed by atoms with Gasteiger partial charge in [-0.25, -0.2) is 13.1 Å². The third-order valence-electron chi connectivity index (χ3n) is 6.71. The van der Waals surface area contributed by atoms with Crippen LogP contribution in [0.25, 0.3) is 0 Å².